The summed E-state index contributed by atoms with van der Waals surface area (Å²) < 4.78 is 1.09. The van der Waals surface area contributed by atoms with E-state index in [-0.39, 0.29) is 5.91 Å². The molecule has 148 valence electrons. The Balaban J connectivity index is 1.63. The van der Waals surface area contributed by atoms with Crippen LogP contribution in [0.15, 0.2) is 67.1 Å². The highest BCUT2D eigenvalue weighted by molar-refractivity contribution is 7.22. The van der Waals surface area contributed by atoms with Gasteiger partial charge in [0.2, 0.25) is 0 Å². The summed E-state index contributed by atoms with van der Waals surface area (Å²) in [6.45, 7) is 4.55. The van der Waals surface area contributed by atoms with Crippen LogP contribution in [-0.4, -0.2) is 20.9 Å². The van der Waals surface area contributed by atoms with Crippen molar-refractivity contribution in [3.05, 3.63) is 89.4 Å². The molecule has 5 rings (SSSR count). The zero-order chi connectivity index (χ0) is 20.7. The van der Waals surface area contributed by atoms with Crippen LogP contribution in [0.2, 0.25) is 0 Å². The molecule has 5 aromatic rings. The largest absolute Gasteiger partial charge is 0.360 e. The lowest BCUT2D eigenvalue weighted by Gasteiger charge is -2.19. The number of benzene rings is 2. The number of rotatable bonds is 4. The van der Waals surface area contributed by atoms with Gasteiger partial charge in [-0.15, -0.1) is 0 Å². The molecule has 0 saturated carbocycles. The minimum absolute atomic E-state index is 0.0789. The minimum atomic E-state index is -0.0789. The fourth-order valence-electron chi connectivity index (χ4n) is 3.77. The second kappa shape index (κ2) is 7.39. The zero-order valence-electron chi connectivity index (χ0n) is 16.7. The molecule has 3 heterocycles. The van der Waals surface area contributed by atoms with Crippen LogP contribution in [0, 0.1) is 13.8 Å². The van der Waals surface area contributed by atoms with Crippen molar-refractivity contribution in [3.63, 3.8) is 0 Å². The van der Waals surface area contributed by atoms with Gasteiger partial charge in [0.15, 0.2) is 5.13 Å². The molecule has 0 aliphatic carbocycles. The topological polar surface area (TPSA) is 61.9 Å². The number of aromatic amines is 1. The first-order valence-corrected chi connectivity index (χ1v) is 10.6. The van der Waals surface area contributed by atoms with Crippen LogP contribution in [0.4, 0.5) is 5.13 Å². The SMILES string of the molecule is Cc1cc(C)c2nc(N(Cc3cccnc3)C(=O)c3c[nH]c4ccccc34)sc2c1. The van der Waals surface area contributed by atoms with E-state index in [1.54, 1.807) is 34.8 Å². The molecule has 0 fully saturated rings. The second-order valence-corrected chi connectivity index (χ2v) is 8.43. The molecule has 0 saturated heterocycles. The number of anilines is 1. The molecule has 0 aliphatic heterocycles. The van der Waals surface area contributed by atoms with E-state index in [2.05, 4.69) is 35.9 Å². The Labute approximate surface area is 178 Å². The number of nitrogens with one attached hydrogen (secondary N) is 1. The minimum Gasteiger partial charge on any atom is -0.360 e. The van der Waals surface area contributed by atoms with Crippen molar-refractivity contribution in [3.8, 4) is 0 Å². The average molecular weight is 413 g/mol. The smallest absolute Gasteiger partial charge is 0.262 e. The summed E-state index contributed by atoms with van der Waals surface area (Å²) in [7, 11) is 0. The third-order valence-electron chi connectivity index (χ3n) is 5.18. The zero-order valence-corrected chi connectivity index (χ0v) is 17.5. The number of carbonyl (C=O) groups is 1. The molecule has 1 amide bonds. The Morgan fingerprint density at radius 1 is 1.13 bits per heavy atom. The van der Waals surface area contributed by atoms with E-state index in [0.29, 0.717) is 17.2 Å². The number of aromatic nitrogens is 3. The Hall–Kier alpha value is -3.51. The predicted molar refractivity (Wildman–Crippen MR) is 122 cm³/mol. The van der Waals surface area contributed by atoms with Crippen LogP contribution in [0.1, 0.15) is 27.0 Å². The van der Waals surface area contributed by atoms with E-state index in [1.165, 1.54) is 5.56 Å². The number of hydrogen-bond acceptors (Lipinski definition) is 4. The van der Waals surface area contributed by atoms with Crippen LogP contribution in [0.5, 0.6) is 0 Å². The van der Waals surface area contributed by atoms with Crippen molar-refractivity contribution >= 4 is 43.5 Å². The molecular weight excluding hydrogens is 392 g/mol. The van der Waals surface area contributed by atoms with Gasteiger partial charge in [0.05, 0.1) is 22.3 Å². The lowest BCUT2D eigenvalue weighted by atomic mass is 10.1. The van der Waals surface area contributed by atoms with E-state index in [9.17, 15) is 4.79 Å². The van der Waals surface area contributed by atoms with Gasteiger partial charge in [0.25, 0.3) is 5.91 Å². The van der Waals surface area contributed by atoms with Gasteiger partial charge in [-0.1, -0.05) is 41.7 Å². The third kappa shape index (κ3) is 3.25. The van der Waals surface area contributed by atoms with Crippen LogP contribution in [-0.2, 0) is 6.54 Å². The number of para-hydroxylation sites is 1. The number of pyridine rings is 1. The summed E-state index contributed by atoms with van der Waals surface area (Å²) in [6.07, 6.45) is 5.31. The molecule has 0 aliphatic rings. The highest BCUT2D eigenvalue weighted by atomic mass is 32.1. The number of aryl methyl sites for hydroxylation is 2. The quantitative estimate of drug-likeness (QED) is 0.416. The van der Waals surface area contributed by atoms with Crippen molar-refractivity contribution in [2.24, 2.45) is 0 Å². The summed E-state index contributed by atoms with van der Waals surface area (Å²) in [4.78, 5) is 27.7. The van der Waals surface area contributed by atoms with Crippen molar-refractivity contribution in [2.45, 2.75) is 20.4 Å². The van der Waals surface area contributed by atoms with Crippen molar-refractivity contribution in [2.75, 3.05) is 4.90 Å². The molecule has 30 heavy (non-hydrogen) atoms. The highest BCUT2D eigenvalue weighted by Gasteiger charge is 2.24. The Kier molecular flexibility index (Phi) is 4.56. The van der Waals surface area contributed by atoms with E-state index in [0.717, 1.165) is 32.2 Å². The fourth-order valence-corrected chi connectivity index (χ4v) is 4.91. The molecule has 1 N–H and O–H groups in total. The molecule has 0 bridgehead atoms. The first kappa shape index (κ1) is 18.5. The molecule has 2 aromatic carbocycles. The average Bonchev–Trinajstić information content (AvgIpc) is 3.37. The molecule has 0 atom stereocenters. The lowest BCUT2D eigenvalue weighted by molar-refractivity contribution is 0.0986. The molecular formula is C24H20N4OS. The Morgan fingerprint density at radius 2 is 2.00 bits per heavy atom. The van der Waals surface area contributed by atoms with Crippen molar-refractivity contribution < 1.29 is 4.79 Å². The number of nitrogens with zero attached hydrogens (tertiary/aromatic N) is 3. The standard InChI is InChI=1S/C24H20N4OS/c1-15-10-16(2)22-21(11-15)30-24(27-22)28(14-17-6-5-9-25-12-17)23(29)19-13-26-20-8-4-3-7-18(19)20/h3-13,26H,14H2,1-2H3. The predicted octanol–water partition coefficient (Wildman–Crippen LogP) is 5.64. The first-order valence-electron chi connectivity index (χ1n) is 9.75. The number of hydrogen-bond donors (Lipinski definition) is 1. The number of thiazole rings is 1. The summed E-state index contributed by atoms with van der Waals surface area (Å²) in [5, 5.41) is 1.60. The van der Waals surface area contributed by atoms with Crippen LogP contribution in [0.25, 0.3) is 21.1 Å². The van der Waals surface area contributed by atoms with Gasteiger partial charge in [-0.25, -0.2) is 4.98 Å². The van der Waals surface area contributed by atoms with E-state index >= 15 is 0 Å². The number of H-pyrrole nitrogens is 1. The maximum absolute atomic E-state index is 13.7. The van der Waals surface area contributed by atoms with E-state index in [4.69, 9.17) is 4.98 Å². The van der Waals surface area contributed by atoms with Gasteiger partial charge in [0, 0.05) is 29.5 Å². The van der Waals surface area contributed by atoms with Crippen molar-refractivity contribution in [1.29, 1.82) is 0 Å². The van der Waals surface area contributed by atoms with Gasteiger partial charge >= 0.3 is 0 Å². The third-order valence-corrected chi connectivity index (χ3v) is 6.20. The second-order valence-electron chi connectivity index (χ2n) is 7.43. The monoisotopic (exact) mass is 412 g/mol. The van der Waals surface area contributed by atoms with Crippen LogP contribution >= 0.6 is 11.3 Å². The van der Waals surface area contributed by atoms with Crippen LogP contribution in [0.3, 0.4) is 0 Å². The van der Waals surface area contributed by atoms with Gasteiger partial charge in [-0.05, 0) is 48.7 Å². The lowest BCUT2D eigenvalue weighted by Crippen LogP contribution is -2.30. The number of fused-ring (bicyclic) bond motifs is 2. The number of amides is 1. The summed E-state index contributed by atoms with van der Waals surface area (Å²) in [6, 6.07) is 16.0. The summed E-state index contributed by atoms with van der Waals surface area (Å²) >= 11 is 1.55. The fraction of sp³-hybridized carbons (Fsp3) is 0.125. The van der Waals surface area contributed by atoms with Crippen molar-refractivity contribution in [1.82, 2.24) is 15.0 Å². The van der Waals surface area contributed by atoms with Gasteiger partial charge in [0.1, 0.15) is 0 Å². The molecule has 0 unspecified atom stereocenters. The van der Waals surface area contributed by atoms with Gasteiger partial charge in [-0.3, -0.25) is 14.7 Å². The van der Waals surface area contributed by atoms with E-state index in [1.807, 2.05) is 36.4 Å². The summed E-state index contributed by atoms with van der Waals surface area (Å²) in [5.74, 6) is -0.0789. The number of carbonyl (C=O) groups excluding carboxylic acids is 1. The molecule has 6 heteroatoms. The van der Waals surface area contributed by atoms with E-state index < -0.39 is 0 Å². The normalized spacial score (nSPS) is 11.3. The summed E-state index contributed by atoms with van der Waals surface area (Å²) in [5.41, 5.74) is 5.80. The maximum atomic E-state index is 13.7. The molecule has 0 spiro atoms. The molecule has 5 nitrogen and oxygen atoms in total. The maximum Gasteiger partial charge on any atom is 0.262 e. The van der Waals surface area contributed by atoms with Gasteiger partial charge < -0.3 is 4.98 Å². The first-order chi connectivity index (χ1) is 14.6. The highest BCUT2D eigenvalue weighted by Crippen LogP contribution is 2.34. The van der Waals surface area contributed by atoms with Gasteiger partial charge in [-0.2, -0.15) is 0 Å². The Bertz CT molecular complexity index is 1370. The molecule has 3 aromatic heterocycles. The Morgan fingerprint density at radius 3 is 2.83 bits per heavy atom. The molecule has 0 radical (unpaired) electrons. The van der Waals surface area contributed by atoms with Crippen LogP contribution < -0.4 is 4.90 Å².